The second-order valence-electron chi connectivity index (χ2n) is 12.1. The zero-order valence-corrected chi connectivity index (χ0v) is 26.4. The fraction of sp³-hybridized carbons (Fsp3) is 0.290. The lowest BCUT2D eigenvalue weighted by Crippen LogP contribution is -2.43. The minimum atomic E-state index is -3.97. The van der Waals surface area contributed by atoms with Crippen LogP contribution in [0.5, 0.6) is 0 Å². The predicted molar refractivity (Wildman–Crippen MR) is 162 cm³/mol. The highest BCUT2D eigenvalue weighted by molar-refractivity contribution is 7.90. The van der Waals surface area contributed by atoms with Crippen LogP contribution in [0.25, 0.3) is 22.4 Å². The molecule has 7 rings (SSSR count). The Balaban J connectivity index is 1.47. The lowest BCUT2D eigenvalue weighted by atomic mass is 9.93. The van der Waals surface area contributed by atoms with Crippen LogP contribution in [0.1, 0.15) is 31.5 Å². The quantitative estimate of drug-likeness (QED) is 0.347. The van der Waals surface area contributed by atoms with E-state index < -0.39 is 56.2 Å². The van der Waals surface area contributed by atoms with Crippen molar-refractivity contribution in [3.8, 4) is 22.4 Å². The Hall–Kier alpha value is -4.74. The Morgan fingerprint density at radius 3 is 2.46 bits per heavy atom. The summed E-state index contributed by atoms with van der Waals surface area (Å²) in [5.41, 5.74) is -1.97. The molecule has 11 nitrogen and oxygen atoms in total. The Labute approximate surface area is 270 Å². The standard InChI is InChI=1S/C31H26F5N5O6S/c1-29(2,43)30(33,34)28-27-26(39(3)38-28)18-7-5-15(17-9-20(32)19(14-42)25(12-17)48(4,44)45)10-21(18)40-22(13-37-41(27)40)16-6-8-23-24(11-16)47-31(35,36)46-23/h5,7-13,42-43H,6,14H2,1-4H3. The number of rotatable bonds is 5. The van der Waals surface area contributed by atoms with Crippen molar-refractivity contribution in [3.05, 3.63) is 82.3 Å². The number of fused-ring (bicyclic) bond motifs is 7. The third-order valence-electron chi connectivity index (χ3n) is 8.36. The molecule has 0 amide bonds. The van der Waals surface area contributed by atoms with Gasteiger partial charge in [-0.25, -0.2) is 17.8 Å². The summed E-state index contributed by atoms with van der Waals surface area (Å²) in [4.78, 5) is -0.411. The number of halogens is 5. The average Bonchev–Trinajstić information content (AvgIpc) is 3.67. The second kappa shape index (κ2) is 10.1. The molecular weight excluding hydrogens is 665 g/mol. The van der Waals surface area contributed by atoms with Gasteiger partial charge >= 0.3 is 12.2 Å². The maximum atomic E-state index is 15.8. The maximum absolute atomic E-state index is 15.8. The van der Waals surface area contributed by atoms with E-state index in [9.17, 15) is 27.4 Å². The van der Waals surface area contributed by atoms with Gasteiger partial charge in [-0.3, -0.25) is 4.68 Å². The van der Waals surface area contributed by atoms with Gasteiger partial charge < -0.3 is 19.7 Å². The smallest absolute Gasteiger partial charge is 0.396 e. The van der Waals surface area contributed by atoms with Crippen molar-refractivity contribution in [2.45, 2.75) is 49.6 Å². The third-order valence-corrected chi connectivity index (χ3v) is 9.53. The van der Waals surface area contributed by atoms with E-state index in [-0.39, 0.29) is 40.6 Å². The molecule has 0 saturated carbocycles. The van der Waals surface area contributed by atoms with Gasteiger partial charge in [-0.05, 0) is 73.4 Å². The minimum absolute atomic E-state index is 0.0527. The first-order valence-electron chi connectivity index (χ1n) is 14.3. The normalized spacial score (nSPS) is 19.6. The molecule has 1 aliphatic carbocycles. The van der Waals surface area contributed by atoms with Crippen molar-refractivity contribution < 1.29 is 50.1 Å². The van der Waals surface area contributed by atoms with E-state index in [4.69, 9.17) is 0 Å². The summed E-state index contributed by atoms with van der Waals surface area (Å²) in [5, 5.41) is 31.2. The van der Waals surface area contributed by atoms with Crippen molar-refractivity contribution in [2.24, 2.45) is 12.1 Å². The number of benzene rings is 2. The number of hydrogen-bond donors (Lipinski definition) is 2. The summed E-state index contributed by atoms with van der Waals surface area (Å²) in [6.45, 7) is 1.03. The molecule has 2 aromatic carbocycles. The topological polar surface area (TPSA) is 130 Å². The number of nitrogens with zero attached hydrogens (tertiary/aromatic N) is 5. The van der Waals surface area contributed by atoms with Crippen molar-refractivity contribution in [1.82, 2.24) is 9.78 Å². The van der Waals surface area contributed by atoms with Gasteiger partial charge in [-0.15, -0.1) is 8.78 Å². The largest absolute Gasteiger partial charge is 0.586 e. The van der Waals surface area contributed by atoms with Gasteiger partial charge in [0.2, 0.25) is 0 Å². The number of hydrazone groups is 1. The van der Waals surface area contributed by atoms with Crippen LogP contribution in [0.2, 0.25) is 0 Å². The molecule has 3 aromatic rings. The molecule has 0 radical (unpaired) electrons. The Morgan fingerprint density at radius 1 is 1.08 bits per heavy atom. The van der Waals surface area contributed by atoms with Gasteiger partial charge in [0.1, 0.15) is 17.1 Å². The monoisotopic (exact) mass is 691 g/mol. The van der Waals surface area contributed by atoms with Crippen molar-refractivity contribution >= 4 is 27.4 Å². The van der Waals surface area contributed by atoms with E-state index in [2.05, 4.69) is 19.7 Å². The molecule has 4 heterocycles. The Bertz CT molecular complexity index is 2170. The molecule has 3 aliphatic heterocycles. The van der Waals surface area contributed by atoms with Crippen molar-refractivity contribution in [2.75, 3.05) is 16.4 Å². The molecule has 17 heteroatoms. The molecular formula is C31H26F5N5O6S. The van der Waals surface area contributed by atoms with E-state index in [1.807, 2.05) is 0 Å². The first kappa shape index (κ1) is 31.8. The molecule has 0 atom stereocenters. The van der Waals surface area contributed by atoms with Crippen molar-refractivity contribution in [3.63, 3.8) is 0 Å². The van der Waals surface area contributed by atoms with Gasteiger partial charge in [-0.2, -0.15) is 24.1 Å². The summed E-state index contributed by atoms with van der Waals surface area (Å²) < 4.78 is 110. The highest BCUT2D eigenvalue weighted by Gasteiger charge is 2.54. The first-order chi connectivity index (χ1) is 22.3. The van der Waals surface area contributed by atoms with Crippen LogP contribution in [0.3, 0.4) is 0 Å². The number of aliphatic hydroxyl groups is 2. The molecule has 0 unspecified atom stereocenters. The number of hydrazine groups is 1. The number of hydrogen-bond acceptors (Lipinski definition) is 10. The molecule has 48 heavy (non-hydrogen) atoms. The predicted octanol–water partition coefficient (Wildman–Crippen LogP) is 5.22. The fourth-order valence-electron chi connectivity index (χ4n) is 6.00. The number of ether oxygens (including phenoxy) is 2. The van der Waals surface area contributed by atoms with Crippen LogP contribution in [-0.4, -0.2) is 52.8 Å². The van der Waals surface area contributed by atoms with Gasteiger partial charge in [0.15, 0.2) is 27.0 Å². The minimum Gasteiger partial charge on any atom is -0.396 e. The first-order valence-corrected chi connectivity index (χ1v) is 16.2. The van der Waals surface area contributed by atoms with Gasteiger partial charge in [0.05, 0.1) is 34.8 Å². The number of aromatic nitrogens is 2. The zero-order chi connectivity index (χ0) is 34.7. The summed E-state index contributed by atoms with van der Waals surface area (Å²) in [5.74, 6) is -5.27. The summed E-state index contributed by atoms with van der Waals surface area (Å²) >= 11 is 0. The highest BCUT2D eigenvalue weighted by atomic mass is 32.2. The maximum Gasteiger partial charge on any atom is 0.586 e. The highest BCUT2D eigenvalue weighted by Crippen LogP contribution is 2.54. The lowest BCUT2D eigenvalue weighted by Gasteiger charge is -2.37. The summed E-state index contributed by atoms with van der Waals surface area (Å²) in [7, 11) is -2.54. The Morgan fingerprint density at radius 2 is 1.79 bits per heavy atom. The molecule has 1 aromatic heterocycles. The lowest BCUT2D eigenvalue weighted by molar-refractivity contribution is -0.326. The van der Waals surface area contributed by atoms with Crippen LogP contribution < -0.4 is 10.1 Å². The second-order valence-corrected chi connectivity index (χ2v) is 14.1. The van der Waals surface area contributed by atoms with Gasteiger partial charge in [0.25, 0.3) is 0 Å². The molecule has 0 bridgehead atoms. The number of anilines is 2. The number of allylic oxidation sites excluding steroid dienone is 4. The SMILES string of the molecule is Cn1nc(C(F)(F)C(C)(C)O)c2c1-c1ccc(-c3cc(F)c(CO)c(S(C)(=O)=O)c3)cc1N1C(=C3C=C4OC(F)(F)OC4=CC3)C=NN21. The van der Waals surface area contributed by atoms with E-state index in [0.717, 1.165) is 31.3 Å². The summed E-state index contributed by atoms with van der Waals surface area (Å²) in [6.07, 6.45) is 1.08. The number of sulfone groups is 1. The number of alkyl halides is 4. The zero-order valence-electron chi connectivity index (χ0n) is 25.6. The van der Waals surface area contributed by atoms with E-state index in [0.29, 0.717) is 22.4 Å². The fourth-order valence-corrected chi connectivity index (χ4v) is 6.95. The van der Waals surface area contributed by atoms with Gasteiger partial charge in [-0.1, -0.05) is 6.07 Å². The van der Waals surface area contributed by atoms with E-state index in [1.165, 1.54) is 47.2 Å². The average molecular weight is 692 g/mol. The number of aliphatic hydroxyl groups excluding tert-OH is 1. The van der Waals surface area contributed by atoms with Crippen LogP contribution in [0.15, 0.2) is 75.3 Å². The molecule has 252 valence electrons. The molecule has 2 N–H and O–H groups in total. The van der Waals surface area contributed by atoms with Crippen molar-refractivity contribution in [1.29, 1.82) is 0 Å². The third kappa shape index (κ3) is 4.70. The molecule has 0 spiro atoms. The van der Waals surface area contributed by atoms with Gasteiger partial charge in [0, 0.05) is 24.4 Å². The van der Waals surface area contributed by atoms with E-state index in [1.54, 1.807) is 12.1 Å². The summed E-state index contributed by atoms with van der Waals surface area (Å²) in [6, 6.07) is 6.93. The molecule has 1 saturated heterocycles. The van der Waals surface area contributed by atoms with Crippen LogP contribution in [-0.2, 0) is 38.9 Å². The molecule has 1 fully saturated rings. The number of aryl methyl sites for hydroxylation is 1. The van der Waals surface area contributed by atoms with Crippen LogP contribution >= 0.6 is 0 Å². The van der Waals surface area contributed by atoms with E-state index >= 15 is 13.2 Å². The molecule has 4 aliphatic rings. The van der Waals surface area contributed by atoms with Crippen LogP contribution in [0, 0.1) is 5.82 Å². The van der Waals surface area contributed by atoms with Crippen LogP contribution in [0.4, 0.5) is 33.3 Å². The Kier molecular flexibility index (Phi) is 6.72.